The van der Waals surface area contributed by atoms with E-state index in [1.54, 1.807) is 12.1 Å². The maximum atomic E-state index is 10.5. The van der Waals surface area contributed by atoms with Crippen LogP contribution in [0.1, 0.15) is 16.2 Å². The first-order valence-corrected chi connectivity index (χ1v) is 4.24. The van der Waals surface area contributed by atoms with Crippen LogP contribution in [0, 0.1) is 6.92 Å². The Bertz CT molecular complexity index is 462. The fourth-order valence-corrected chi connectivity index (χ4v) is 1.21. The molecule has 2 aromatic heterocycles. The van der Waals surface area contributed by atoms with Crippen molar-refractivity contribution in [3.8, 4) is 11.4 Å². The van der Waals surface area contributed by atoms with Gasteiger partial charge in [0.25, 0.3) is 0 Å². The highest BCUT2D eigenvalue weighted by Gasteiger charge is 2.03. The van der Waals surface area contributed by atoms with Crippen LogP contribution in [-0.2, 0) is 0 Å². The van der Waals surface area contributed by atoms with E-state index in [1.807, 2.05) is 19.1 Å². The molecule has 0 saturated carbocycles. The van der Waals surface area contributed by atoms with Gasteiger partial charge in [-0.15, -0.1) is 0 Å². The molecule has 0 unspecified atom stereocenters. The number of aldehydes is 1. The first kappa shape index (κ1) is 8.62. The van der Waals surface area contributed by atoms with E-state index in [-0.39, 0.29) is 0 Å². The Morgan fingerprint density at radius 2 is 2.21 bits per heavy atom. The van der Waals surface area contributed by atoms with Gasteiger partial charge in [-0.1, -0.05) is 6.07 Å². The minimum absolute atomic E-state index is 0.420. The second-order valence-electron chi connectivity index (χ2n) is 3.00. The zero-order chi connectivity index (χ0) is 9.97. The first-order valence-electron chi connectivity index (χ1n) is 4.24. The highest BCUT2D eigenvalue weighted by atomic mass is 16.1. The molecule has 2 aromatic rings. The Morgan fingerprint density at radius 3 is 2.86 bits per heavy atom. The van der Waals surface area contributed by atoms with Gasteiger partial charge in [0.2, 0.25) is 0 Å². The SMILES string of the molecule is Cc1cc(-c2cccc(C=O)n2)n[nH]1. The maximum absolute atomic E-state index is 10.5. The Kier molecular flexibility index (Phi) is 2.10. The summed E-state index contributed by atoms with van der Waals surface area (Å²) in [5.74, 6) is 0. The molecule has 1 N–H and O–H groups in total. The molecule has 0 aliphatic carbocycles. The normalized spacial score (nSPS) is 10.1. The summed E-state index contributed by atoms with van der Waals surface area (Å²) in [6.07, 6.45) is 0.725. The van der Waals surface area contributed by atoms with Crippen molar-refractivity contribution in [1.29, 1.82) is 0 Å². The minimum Gasteiger partial charge on any atom is -0.296 e. The van der Waals surface area contributed by atoms with E-state index in [0.717, 1.165) is 17.7 Å². The third-order valence-corrected chi connectivity index (χ3v) is 1.86. The van der Waals surface area contributed by atoms with E-state index in [0.29, 0.717) is 11.4 Å². The number of aromatic nitrogens is 3. The Balaban J connectivity index is 2.46. The molecule has 0 atom stereocenters. The zero-order valence-corrected chi connectivity index (χ0v) is 7.69. The molecule has 0 aromatic carbocycles. The van der Waals surface area contributed by atoms with Crippen LogP contribution >= 0.6 is 0 Å². The Hall–Kier alpha value is -1.97. The molecular formula is C10H9N3O. The van der Waals surface area contributed by atoms with Crippen molar-refractivity contribution in [2.45, 2.75) is 6.92 Å². The largest absolute Gasteiger partial charge is 0.296 e. The number of rotatable bonds is 2. The molecule has 0 radical (unpaired) electrons. The summed E-state index contributed by atoms with van der Waals surface area (Å²) >= 11 is 0. The van der Waals surface area contributed by atoms with Crippen molar-refractivity contribution in [2.75, 3.05) is 0 Å². The molecule has 0 amide bonds. The number of H-pyrrole nitrogens is 1. The van der Waals surface area contributed by atoms with Crippen LogP contribution in [-0.4, -0.2) is 21.5 Å². The van der Waals surface area contributed by atoms with Gasteiger partial charge in [-0.2, -0.15) is 5.10 Å². The molecule has 4 nitrogen and oxygen atoms in total. The number of nitrogens with zero attached hydrogens (tertiary/aromatic N) is 2. The lowest BCUT2D eigenvalue weighted by molar-refractivity contribution is 0.111. The number of carbonyl (C=O) groups excluding carboxylic acids is 1. The van der Waals surface area contributed by atoms with Gasteiger partial charge in [-0.25, -0.2) is 4.98 Å². The summed E-state index contributed by atoms with van der Waals surface area (Å²) in [4.78, 5) is 14.6. The van der Waals surface area contributed by atoms with Gasteiger partial charge in [0.1, 0.15) is 11.4 Å². The third-order valence-electron chi connectivity index (χ3n) is 1.86. The molecule has 4 heteroatoms. The minimum atomic E-state index is 0.420. The number of nitrogens with one attached hydrogen (secondary N) is 1. The van der Waals surface area contributed by atoms with Crippen LogP contribution in [0.25, 0.3) is 11.4 Å². The average Bonchev–Trinajstić information content (AvgIpc) is 2.65. The molecule has 0 saturated heterocycles. The maximum Gasteiger partial charge on any atom is 0.168 e. The van der Waals surface area contributed by atoms with E-state index in [2.05, 4.69) is 15.2 Å². The standard InChI is InChI=1S/C10H9N3O/c1-7-5-10(13-12-7)9-4-2-3-8(6-14)11-9/h2-6H,1H3,(H,12,13). The quantitative estimate of drug-likeness (QED) is 0.726. The monoisotopic (exact) mass is 187 g/mol. The van der Waals surface area contributed by atoms with E-state index in [4.69, 9.17) is 0 Å². The zero-order valence-electron chi connectivity index (χ0n) is 7.69. The van der Waals surface area contributed by atoms with E-state index in [9.17, 15) is 4.79 Å². The molecule has 0 spiro atoms. The van der Waals surface area contributed by atoms with Gasteiger partial charge in [0, 0.05) is 5.69 Å². The predicted octanol–water partition coefficient (Wildman–Crippen LogP) is 1.59. The van der Waals surface area contributed by atoms with Gasteiger partial charge in [0.05, 0.1) is 5.69 Å². The number of carbonyl (C=O) groups is 1. The second kappa shape index (κ2) is 3.41. The molecule has 0 bridgehead atoms. The Morgan fingerprint density at radius 1 is 1.36 bits per heavy atom. The van der Waals surface area contributed by atoms with Crippen LogP contribution in [0.5, 0.6) is 0 Å². The number of hydrogen-bond acceptors (Lipinski definition) is 3. The lowest BCUT2D eigenvalue weighted by Gasteiger charge is -1.95. The molecule has 0 aliphatic rings. The summed E-state index contributed by atoms with van der Waals surface area (Å²) in [7, 11) is 0. The van der Waals surface area contributed by atoms with Crippen molar-refractivity contribution in [1.82, 2.24) is 15.2 Å². The van der Waals surface area contributed by atoms with Crippen LogP contribution in [0.4, 0.5) is 0 Å². The topological polar surface area (TPSA) is 58.6 Å². The molecule has 14 heavy (non-hydrogen) atoms. The van der Waals surface area contributed by atoms with Gasteiger partial charge in [0.15, 0.2) is 6.29 Å². The summed E-state index contributed by atoms with van der Waals surface area (Å²) in [5, 5.41) is 6.88. The van der Waals surface area contributed by atoms with Crippen LogP contribution in [0.2, 0.25) is 0 Å². The molecule has 70 valence electrons. The predicted molar refractivity (Wildman–Crippen MR) is 51.9 cm³/mol. The smallest absolute Gasteiger partial charge is 0.168 e. The second-order valence-corrected chi connectivity index (χ2v) is 3.00. The summed E-state index contributed by atoms with van der Waals surface area (Å²) in [6, 6.07) is 7.16. The van der Waals surface area contributed by atoms with E-state index < -0.39 is 0 Å². The lowest BCUT2D eigenvalue weighted by Crippen LogP contribution is -1.89. The van der Waals surface area contributed by atoms with Crippen molar-refractivity contribution >= 4 is 6.29 Å². The molecular weight excluding hydrogens is 178 g/mol. The van der Waals surface area contributed by atoms with Gasteiger partial charge in [-0.05, 0) is 25.1 Å². The highest BCUT2D eigenvalue weighted by Crippen LogP contribution is 2.14. The molecule has 2 heterocycles. The van der Waals surface area contributed by atoms with Crippen molar-refractivity contribution < 1.29 is 4.79 Å². The summed E-state index contributed by atoms with van der Waals surface area (Å²) in [6.45, 7) is 1.92. The summed E-state index contributed by atoms with van der Waals surface area (Å²) in [5.41, 5.74) is 2.85. The van der Waals surface area contributed by atoms with E-state index >= 15 is 0 Å². The fourth-order valence-electron chi connectivity index (χ4n) is 1.21. The van der Waals surface area contributed by atoms with Crippen molar-refractivity contribution in [2.24, 2.45) is 0 Å². The van der Waals surface area contributed by atoms with Crippen molar-refractivity contribution in [3.63, 3.8) is 0 Å². The number of pyridine rings is 1. The van der Waals surface area contributed by atoms with Crippen molar-refractivity contribution in [3.05, 3.63) is 35.7 Å². The first-order chi connectivity index (χ1) is 6.79. The molecule has 0 aliphatic heterocycles. The number of hydrogen-bond donors (Lipinski definition) is 1. The van der Waals surface area contributed by atoms with Gasteiger partial charge < -0.3 is 0 Å². The van der Waals surface area contributed by atoms with Crippen LogP contribution in [0.3, 0.4) is 0 Å². The molecule has 2 rings (SSSR count). The van der Waals surface area contributed by atoms with Crippen LogP contribution in [0.15, 0.2) is 24.3 Å². The van der Waals surface area contributed by atoms with Crippen LogP contribution < -0.4 is 0 Å². The lowest BCUT2D eigenvalue weighted by atomic mass is 10.2. The molecule has 0 fully saturated rings. The number of aryl methyl sites for hydroxylation is 1. The average molecular weight is 187 g/mol. The number of aromatic amines is 1. The Labute approximate surface area is 81.0 Å². The highest BCUT2D eigenvalue weighted by molar-refractivity contribution is 5.73. The summed E-state index contributed by atoms with van der Waals surface area (Å²) < 4.78 is 0. The third kappa shape index (κ3) is 1.54. The van der Waals surface area contributed by atoms with Gasteiger partial charge in [-0.3, -0.25) is 9.89 Å². The van der Waals surface area contributed by atoms with Gasteiger partial charge >= 0.3 is 0 Å². The van der Waals surface area contributed by atoms with E-state index in [1.165, 1.54) is 0 Å². The fraction of sp³-hybridized carbons (Fsp3) is 0.100.